The number of amides is 6. The van der Waals surface area contributed by atoms with Crippen LogP contribution in [0.1, 0.15) is 44.1 Å². The number of phenols is 1. The molecule has 1 saturated heterocycles. The number of guanidine groups is 1. The van der Waals surface area contributed by atoms with Gasteiger partial charge in [-0.2, -0.15) is 25.3 Å². The number of nitrogens with one attached hydrogen (secondary N) is 7. The Morgan fingerprint density at radius 1 is 0.786 bits per heavy atom. The fourth-order valence-electron chi connectivity index (χ4n) is 5.30. The van der Waals surface area contributed by atoms with Crippen LogP contribution in [0.15, 0.2) is 29.3 Å². The number of aliphatic imine (C=N–C) groups is 1. The molecule has 1 aliphatic heterocycles. The molecule has 0 unspecified atom stereocenters. The van der Waals surface area contributed by atoms with Crippen LogP contribution < -0.4 is 48.7 Å². The Balaban J connectivity index is 2.17. The summed E-state index contributed by atoms with van der Waals surface area (Å²) in [5.74, 6) is -8.11. The van der Waals surface area contributed by atoms with Gasteiger partial charge in [0.2, 0.25) is 35.4 Å². The van der Waals surface area contributed by atoms with Crippen LogP contribution in [0.25, 0.3) is 0 Å². The average molecular weight is 827 g/mol. The number of phenolic OH excluding ortho intramolecular Hbond substituents is 1. The summed E-state index contributed by atoms with van der Waals surface area (Å²) in [6, 6.07) is -1.44. The molecule has 23 heteroatoms. The van der Waals surface area contributed by atoms with Crippen LogP contribution in [-0.4, -0.2) is 136 Å². The molecule has 1 aliphatic rings. The fourth-order valence-corrected chi connectivity index (χ4v) is 5.81. The molecule has 0 bridgehead atoms. The maximum absolute atomic E-state index is 13.6. The number of carbonyl (C=O) groups is 8. The van der Waals surface area contributed by atoms with Gasteiger partial charge in [0.15, 0.2) is 5.96 Å². The quantitative estimate of drug-likeness (QED) is 0.0205. The maximum Gasteiger partial charge on any atom is 0.326 e. The Morgan fingerprint density at radius 2 is 1.38 bits per heavy atom. The first kappa shape index (κ1) is 46.9. The highest BCUT2D eigenvalue weighted by Crippen LogP contribution is 2.13. The largest absolute Gasteiger partial charge is 0.508 e. The minimum Gasteiger partial charge on any atom is -0.508 e. The molecule has 56 heavy (non-hydrogen) atoms. The van der Waals surface area contributed by atoms with Crippen molar-refractivity contribution in [3.05, 3.63) is 29.8 Å². The molecule has 310 valence electrons. The van der Waals surface area contributed by atoms with Crippen molar-refractivity contribution in [2.75, 3.05) is 31.1 Å². The lowest BCUT2D eigenvalue weighted by atomic mass is 10.0. The highest BCUT2D eigenvalue weighted by molar-refractivity contribution is 7.80. The molecule has 0 aromatic heterocycles. The minimum absolute atomic E-state index is 0.0623. The molecule has 2 rings (SSSR count). The van der Waals surface area contributed by atoms with Gasteiger partial charge in [-0.3, -0.25) is 38.6 Å². The molecule has 14 N–H and O–H groups in total. The summed E-state index contributed by atoms with van der Waals surface area (Å²) in [6.07, 6.45) is 0.701. The Kier molecular flexibility index (Phi) is 20.3. The van der Waals surface area contributed by atoms with Gasteiger partial charge in [0, 0.05) is 30.9 Å². The van der Waals surface area contributed by atoms with Gasteiger partial charge in [0.25, 0.3) is 0 Å². The third-order valence-electron chi connectivity index (χ3n) is 8.30. The SMILES string of the molecule is NC(N)=NCCC[C@H](NC(=O)[C@@H]1CCCN1)C(=O)N[C@@H](CS)C(=O)N[C@@H](Cc1ccc(O)cc1)C(=O)N[C@@H](CS)C(=O)NCC(=O)N[C@@H](CCC(=O)O)C(=O)O. The van der Waals surface area contributed by atoms with Crippen molar-refractivity contribution < 1.29 is 53.7 Å². The zero-order chi connectivity index (χ0) is 41.8. The molecule has 0 saturated carbocycles. The van der Waals surface area contributed by atoms with E-state index in [2.05, 4.69) is 67.5 Å². The Morgan fingerprint density at radius 3 is 1.93 bits per heavy atom. The predicted octanol–water partition coefficient (Wildman–Crippen LogP) is -3.91. The number of hydrogen-bond acceptors (Lipinski definition) is 13. The number of carboxylic acids is 2. The van der Waals surface area contributed by atoms with E-state index in [0.29, 0.717) is 24.9 Å². The van der Waals surface area contributed by atoms with Gasteiger partial charge in [-0.1, -0.05) is 12.1 Å². The van der Waals surface area contributed by atoms with Gasteiger partial charge in [-0.15, -0.1) is 0 Å². The maximum atomic E-state index is 13.6. The second kappa shape index (κ2) is 24.3. The number of rotatable bonds is 24. The number of aromatic hydroxyl groups is 1. The van der Waals surface area contributed by atoms with Crippen molar-refractivity contribution in [1.82, 2.24) is 37.2 Å². The first-order chi connectivity index (χ1) is 26.5. The van der Waals surface area contributed by atoms with Crippen LogP contribution in [0.5, 0.6) is 5.75 Å². The summed E-state index contributed by atoms with van der Waals surface area (Å²) in [7, 11) is 0. The van der Waals surface area contributed by atoms with Crippen LogP contribution in [0.3, 0.4) is 0 Å². The molecular formula is C33H50N10O11S2. The van der Waals surface area contributed by atoms with Crippen LogP contribution >= 0.6 is 25.3 Å². The first-order valence-corrected chi connectivity index (χ1v) is 18.8. The van der Waals surface area contributed by atoms with E-state index < -0.39 is 103 Å². The lowest BCUT2D eigenvalue weighted by Gasteiger charge is -2.26. The molecule has 6 amide bonds. The average Bonchev–Trinajstić information content (AvgIpc) is 3.70. The summed E-state index contributed by atoms with van der Waals surface area (Å²) in [5.41, 5.74) is 11.3. The molecule has 1 heterocycles. The second-order valence-electron chi connectivity index (χ2n) is 12.7. The molecule has 0 spiro atoms. The van der Waals surface area contributed by atoms with E-state index in [1.165, 1.54) is 24.3 Å². The summed E-state index contributed by atoms with van der Waals surface area (Å²) in [5, 5.41) is 45.5. The highest BCUT2D eigenvalue weighted by atomic mass is 32.1. The summed E-state index contributed by atoms with van der Waals surface area (Å²) < 4.78 is 0. The monoisotopic (exact) mass is 826 g/mol. The minimum atomic E-state index is -1.53. The molecule has 1 fully saturated rings. The van der Waals surface area contributed by atoms with Crippen LogP contribution in [-0.2, 0) is 44.8 Å². The zero-order valence-corrected chi connectivity index (χ0v) is 32.2. The van der Waals surface area contributed by atoms with E-state index in [9.17, 15) is 48.6 Å². The fraction of sp³-hybridized carbons (Fsp3) is 0.545. The molecule has 1 aromatic rings. The number of carbonyl (C=O) groups excluding carboxylic acids is 6. The van der Waals surface area contributed by atoms with Gasteiger partial charge in [-0.05, 0) is 56.3 Å². The standard InChI is InChI=1S/C33H50N10O11S2/c34-33(35)37-12-2-4-20(40-28(49)19-3-1-11-36-19)29(50)43-24(16-56)31(52)41-22(13-17-5-7-18(44)8-6-17)30(51)42-23(15-55)27(48)38-14-25(45)39-21(32(53)54)9-10-26(46)47/h5-8,19-24,36,44,55-56H,1-4,9-16H2,(H,38,48)(H,39,45)(H,40,49)(H,41,52)(H,42,51)(H,43,50)(H,46,47)(H,53,54)(H4,34,35,37)/t19-,20-,21-,22-,23-,24-/m0/s1. The molecule has 6 atom stereocenters. The van der Waals surface area contributed by atoms with Gasteiger partial charge < -0.3 is 64.0 Å². The van der Waals surface area contributed by atoms with E-state index in [1.807, 2.05) is 0 Å². The van der Waals surface area contributed by atoms with E-state index in [4.69, 9.17) is 16.6 Å². The molecule has 21 nitrogen and oxygen atoms in total. The van der Waals surface area contributed by atoms with Gasteiger partial charge in [-0.25, -0.2) is 4.79 Å². The smallest absolute Gasteiger partial charge is 0.326 e. The second-order valence-corrected chi connectivity index (χ2v) is 13.4. The predicted molar refractivity (Wildman–Crippen MR) is 208 cm³/mol. The molecule has 0 aliphatic carbocycles. The lowest BCUT2D eigenvalue weighted by Crippen LogP contribution is -2.60. The molecule has 0 radical (unpaired) electrons. The Bertz CT molecular complexity index is 1570. The van der Waals surface area contributed by atoms with E-state index in [0.717, 1.165) is 6.42 Å². The van der Waals surface area contributed by atoms with Crippen molar-refractivity contribution >= 4 is 78.6 Å². The van der Waals surface area contributed by atoms with Gasteiger partial charge in [0.1, 0.15) is 36.0 Å². The molecular weight excluding hydrogens is 777 g/mol. The van der Waals surface area contributed by atoms with E-state index in [1.54, 1.807) is 0 Å². The van der Waals surface area contributed by atoms with Crippen LogP contribution in [0.4, 0.5) is 0 Å². The number of thiol groups is 2. The van der Waals surface area contributed by atoms with Crippen LogP contribution in [0.2, 0.25) is 0 Å². The lowest BCUT2D eigenvalue weighted by molar-refractivity contribution is -0.143. The van der Waals surface area contributed by atoms with Crippen molar-refractivity contribution in [3.8, 4) is 5.75 Å². The third kappa shape index (κ3) is 17.0. The summed E-state index contributed by atoms with van der Waals surface area (Å²) in [4.78, 5) is 105. The van der Waals surface area contributed by atoms with Crippen molar-refractivity contribution in [2.45, 2.75) is 81.2 Å². The molecule has 1 aromatic carbocycles. The van der Waals surface area contributed by atoms with Gasteiger partial charge >= 0.3 is 11.9 Å². The number of nitrogens with two attached hydrogens (primary N) is 2. The highest BCUT2D eigenvalue weighted by Gasteiger charge is 2.32. The van der Waals surface area contributed by atoms with Crippen LogP contribution in [0, 0.1) is 0 Å². The summed E-state index contributed by atoms with van der Waals surface area (Å²) >= 11 is 8.33. The van der Waals surface area contributed by atoms with E-state index in [-0.39, 0.29) is 42.6 Å². The number of aliphatic carboxylic acids is 2. The van der Waals surface area contributed by atoms with Crippen molar-refractivity contribution in [3.63, 3.8) is 0 Å². The third-order valence-corrected chi connectivity index (χ3v) is 9.03. The zero-order valence-electron chi connectivity index (χ0n) is 30.4. The van der Waals surface area contributed by atoms with Crippen molar-refractivity contribution in [2.24, 2.45) is 16.5 Å². The number of carboxylic acid groups (broad SMARTS) is 2. The normalized spacial score (nSPS) is 16.1. The Hall–Kier alpha value is -5.29. The van der Waals surface area contributed by atoms with E-state index >= 15 is 0 Å². The van der Waals surface area contributed by atoms with Crippen molar-refractivity contribution in [1.29, 1.82) is 0 Å². The first-order valence-electron chi connectivity index (χ1n) is 17.6. The van der Waals surface area contributed by atoms with Gasteiger partial charge in [0.05, 0.1) is 12.6 Å². The topological polar surface area (TPSA) is 346 Å². The number of benzene rings is 1. The number of nitrogens with zero attached hydrogens (tertiary/aromatic N) is 1. The number of hydrogen-bond donors (Lipinski definition) is 14. The summed E-state index contributed by atoms with van der Waals surface area (Å²) in [6.45, 7) is 0.0928. The Labute approximate surface area is 333 Å².